The summed E-state index contributed by atoms with van der Waals surface area (Å²) in [5.74, 6) is 1.26. The molecule has 2 aliphatic rings. The summed E-state index contributed by atoms with van der Waals surface area (Å²) >= 11 is 0. The van der Waals surface area contributed by atoms with Gasteiger partial charge in [-0.15, -0.1) is 0 Å². The van der Waals surface area contributed by atoms with E-state index in [9.17, 15) is 9.59 Å². The van der Waals surface area contributed by atoms with Gasteiger partial charge in [0.25, 0.3) is 0 Å². The summed E-state index contributed by atoms with van der Waals surface area (Å²) in [4.78, 5) is 26.0. The number of likely N-dealkylation sites (tertiary alicyclic amines) is 1. The first-order valence-corrected chi connectivity index (χ1v) is 8.39. The van der Waals surface area contributed by atoms with Crippen molar-refractivity contribution < 1.29 is 19.1 Å². The molecule has 1 heterocycles. The Balaban J connectivity index is 1.54. The maximum Gasteiger partial charge on any atom is 0.225 e. The molecular formula is C18H24N2O4. The van der Waals surface area contributed by atoms with Crippen LogP contribution in [0.4, 0.5) is 0 Å². The summed E-state index contributed by atoms with van der Waals surface area (Å²) in [5.41, 5.74) is 1.08. The minimum atomic E-state index is -0.205. The Morgan fingerprint density at radius 2 is 2.00 bits per heavy atom. The highest BCUT2D eigenvalue weighted by Crippen LogP contribution is 2.28. The third-order valence-electron chi connectivity index (χ3n) is 4.63. The van der Waals surface area contributed by atoms with Gasteiger partial charge in [-0.1, -0.05) is 6.07 Å². The van der Waals surface area contributed by atoms with E-state index in [0.29, 0.717) is 37.1 Å². The molecule has 3 rings (SSSR count). The van der Waals surface area contributed by atoms with Crippen molar-refractivity contribution in [1.29, 1.82) is 0 Å². The number of methoxy groups -OCH3 is 2. The molecule has 0 unspecified atom stereocenters. The second kappa shape index (κ2) is 7.11. The molecular weight excluding hydrogens is 308 g/mol. The van der Waals surface area contributed by atoms with Gasteiger partial charge in [-0.05, 0) is 37.0 Å². The van der Waals surface area contributed by atoms with E-state index < -0.39 is 0 Å². The highest BCUT2D eigenvalue weighted by molar-refractivity contribution is 5.89. The third-order valence-corrected chi connectivity index (χ3v) is 4.63. The second-order valence-corrected chi connectivity index (χ2v) is 6.46. The third kappa shape index (κ3) is 3.80. The monoisotopic (exact) mass is 332 g/mol. The van der Waals surface area contributed by atoms with Crippen molar-refractivity contribution in [1.82, 2.24) is 10.2 Å². The van der Waals surface area contributed by atoms with Crippen LogP contribution < -0.4 is 14.8 Å². The molecule has 0 radical (unpaired) electrons. The summed E-state index contributed by atoms with van der Waals surface area (Å²) in [6.07, 6.45) is 3.18. The topological polar surface area (TPSA) is 67.9 Å². The van der Waals surface area contributed by atoms with Crippen LogP contribution in [0, 0.1) is 5.92 Å². The second-order valence-electron chi connectivity index (χ2n) is 6.46. The Morgan fingerprint density at radius 3 is 2.67 bits per heavy atom. The zero-order valence-electron chi connectivity index (χ0n) is 14.2. The standard InChI is InChI=1S/C18H24N2O4/c1-23-15-6-3-12(9-16(15)24-2)7-8-20-11-13(10-17(20)21)18(22)19-14-4-5-14/h3,6,9,13-14H,4-5,7-8,10-11H2,1-2H3,(H,19,22)/t13-/m0/s1. The first kappa shape index (κ1) is 16.6. The normalized spacial score (nSPS) is 20.2. The molecule has 0 aromatic heterocycles. The summed E-state index contributed by atoms with van der Waals surface area (Å²) in [5, 5.41) is 2.99. The quantitative estimate of drug-likeness (QED) is 0.819. The predicted molar refractivity (Wildman–Crippen MR) is 89.1 cm³/mol. The molecule has 1 aromatic rings. The highest BCUT2D eigenvalue weighted by Gasteiger charge is 2.36. The molecule has 1 aromatic carbocycles. The molecule has 1 aliphatic heterocycles. The molecule has 1 atom stereocenters. The number of benzene rings is 1. The number of hydrogen-bond donors (Lipinski definition) is 1. The van der Waals surface area contributed by atoms with Gasteiger partial charge in [-0.25, -0.2) is 0 Å². The number of rotatable bonds is 7. The fraction of sp³-hybridized carbons (Fsp3) is 0.556. The number of hydrogen-bond acceptors (Lipinski definition) is 4. The number of carbonyl (C=O) groups is 2. The van der Waals surface area contributed by atoms with Crippen molar-refractivity contribution in [2.45, 2.75) is 31.7 Å². The van der Waals surface area contributed by atoms with Gasteiger partial charge in [-0.3, -0.25) is 9.59 Å². The molecule has 130 valence electrons. The molecule has 1 N–H and O–H groups in total. The highest BCUT2D eigenvalue weighted by atomic mass is 16.5. The number of nitrogens with one attached hydrogen (secondary N) is 1. The molecule has 0 bridgehead atoms. The summed E-state index contributed by atoms with van der Waals surface area (Å²) in [7, 11) is 3.21. The van der Waals surface area contributed by atoms with Crippen LogP contribution in [-0.4, -0.2) is 50.1 Å². The van der Waals surface area contributed by atoms with E-state index >= 15 is 0 Å². The molecule has 2 fully saturated rings. The smallest absolute Gasteiger partial charge is 0.225 e. The maximum absolute atomic E-state index is 12.1. The van der Waals surface area contributed by atoms with Crippen LogP contribution in [0.1, 0.15) is 24.8 Å². The summed E-state index contributed by atoms with van der Waals surface area (Å²) in [6.45, 7) is 1.13. The zero-order chi connectivity index (χ0) is 17.1. The van der Waals surface area contributed by atoms with Crippen LogP contribution in [-0.2, 0) is 16.0 Å². The van der Waals surface area contributed by atoms with Gasteiger partial charge in [0.05, 0.1) is 20.1 Å². The van der Waals surface area contributed by atoms with Crippen molar-refractivity contribution in [3.8, 4) is 11.5 Å². The molecule has 1 saturated heterocycles. The van der Waals surface area contributed by atoms with Crippen LogP contribution in [0.5, 0.6) is 11.5 Å². The average molecular weight is 332 g/mol. The van der Waals surface area contributed by atoms with Crippen molar-refractivity contribution in [2.24, 2.45) is 5.92 Å². The lowest BCUT2D eigenvalue weighted by Crippen LogP contribution is -2.34. The van der Waals surface area contributed by atoms with Crippen LogP contribution in [0.2, 0.25) is 0 Å². The van der Waals surface area contributed by atoms with Crippen molar-refractivity contribution in [3.63, 3.8) is 0 Å². The van der Waals surface area contributed by atoms with Gasteiger partial charge in [0.15, 0.2) is 11.5 Å². The Morgan fingerprint density at radius 1 is 1.25 bits per heavy atom. The fourth-order valence-corrected chi connectivity index (χ4v) is 3.01. The molecule has 0 spiro atoms. The lowest BCUT2D eigenvalue weighted by atomic mass is 10.1. The summed E-state index contributed by atoms with van der Waals surface area (Å²) < 4.78 is 10.5. The molecule has 6 heteroatoms. The zero-order valence-corrected chi connectivity index (χ0v) is 14.2. The molecule has 1 saturated carbocycles. The van der Waals surface area contributed by atoms with Gasteiger partial charge in [0.2, 0.25) is 11.8 Å². The van der Waals surface area contributed by atoms with E-state index in [1.165, 1.54) is 0 Å². The van der Waals surface area contributed by atoms with Gasteiger partial charge in [0, 0.05) is 25.6 Å². The fourth-order valence-electron chi connectivity index (χ4n) is 3.01. The largest absolute Gasteiger partial charge is 0.493 e. The van der Waals surface area contributed by atoms with Crippen LogP contribution >= 0.6 is 0 Å². The molecule has 24 heavy (non-hydrogen) atoms. The predicted octanol–water partition coefficient (Wildman–Crippen LogP) is 1.37. The minimum Gasteiger partial charge on any atom is -0.493 e. The Hall–Kier alpha value is -2.24. The Labute approximate surface area is 142 Å². The van der Waals surface area contributed by atoms with Crippen LogP contribution in [0.15, 0.2) is 18.2 Å². The number of carbonyl (C=O) groups excluding carboxylic acids is 2. The van der Waals surface area contributed by atoms with Gasteiger partial charge < -0.3 is 19.7 Å². The van der Waals surface area contributed by atoms with Crippen LogP contribution in [0.25, 0.3) is 0 Å². The number of ether oxygens (including phenoxy) is 2. The SMILES string of the molecule is COc1ccc(CCN2C[C@@H](C(=O)NC3CC3)CC2=O)cc1OC. The minimum absolute atomic E-state index is 0.0273. The van der Waals surface area contributed by atoms with Crippen LogP contribution in [0.3, 0.4) is 0 Å². The molecule has 1 aliphatic carbocycles. The lowest BCUT2D eigenvalue weighted by molar-refractivity contribution is -0.129. The Kier molecular flexibility index (Phi) is 4.92. The summed E-state index contributed by atoms with van der Waals surface area (Å²) in [6, 6.07) is 6.11. The van der Waals surface area contributed by atoms with E-state index in [-0.39, 0.29) is 17.7 Å². The van der Waals surface area contributed by atoms with E-state index in [4.69, 9.17) is 9.47 Å². The van der Waals surface area contributed by atoms with Crippen molar-refractivity contribution >= 4 is 11.8 Å². The molecule has 6 nitrogen and oxygen atoms in total. The number of amides is 2. The Bertz CT molecular complexity index is 627. The van der Waals surface area contributed by atoms with E-state index in [1.54, 1.807) is 19.1 Å². The van der Waals surface area contributed by atoms with Gasteiger partial charge >= 0.3 is 0 Å². The first-order chi connectivity index (χ1) is 11.6. The van der Waals surface area contributed by atoms with E-state index in [2.05, 4.69) is 5.32 Å². The van der Waals surface area contributed by atoms with Crippen molar-refractivity contribution in [3.05, 3.63) is 23.8 Å². The molecule has 2 amide bonds. The van der Waals surface area contributed by atoms with E-state index in [1.807, 2.05) is 18.2 Å². The van der Waals surface area contributed by atoms with Gasteiger partial charge in [0.1, 0.15) is 0 Å². The average Bonchev–Trinajstić information content (AvgIpc) is 3.33. The van der Waals surface area contributed by atoms with Crippen molar-refractivity contribution in [2.75, 3.05) is 27.3 Å². The van der Waals surface area contributed by atoms with Gasteiger partial charge in [-0.2, -0.15) is 0 Å². The first-order valence-electron chi connectivity index (χ1n) is 8.39. The number of nitrogens with zero attached hydrogens (tertiary/aromatic N) is 1. The van der Waals surface area contributed by atoms with E-state index in [0.717, 1.165) is 24.8 Å². The maximum atomic E-state index is 12.1. The lowest BCUT2D eigenvalue weighted by Gasteiger charge is -2.17.